The molecule has 74 valence electrons. The molecule has 2 nitrogen and oxygen atoms in total. The first kappa shape index (κ1) is 9.62. The molecule has 0 N–H and O–H groups in total. The van der Waals surface area contributed by atoms with Crippen LogP contribution in [0.4, 0.5) is 0 Å². The van der Waals surface area contributed by atoms with Gasteiger partial charge in [0, 0.05) is 16.8 Å². The fourth-order valence-electron chi connectivity index (χ4n) is 1.32. The van der Waals surface area contributed by atoms with Crippen molar-refractivity contribution in [1.29, 1.82) is 0 Å². The number of hydrogen-bond acceptors (Lipinski definition) is 3. The molecule has 0 saturated heterocycles. The van der Waals surface area contributed by atoms with Crippen LogP contribution in [0.1, 0.15) is 0 Å². The van der Waals surface area contributed by atoms with E-state index in [1.807, 2.05) is 17.5 Å². The first-order chi connectivity index (χ1) is 6.76. The summed E-state index contributed by atoms with van der Waals surface area (Å²) in [6.45, 7) is 0. The van der Waals surface area contributed by atoms with Crippen molar-refractivity contribution < 1.29 is 9.47 Å². The normalized spacial score (nSPS) is 10.5. The molecule has 0 aliphatic rings. The second-order valence-corrected chi connectivity index (χ2v) is 4.08. The number of benzene rings is 1. The highest BCUT2D eigenvalue weighted by Crippen LogP contribution is 2.39. The summed E-state index contributed by atoms with van der Waals surface area (Å²) in [7, 11) is 3.27. The number of ether oxygens (including phenoxy) is 2. The lowest BCUT2D eigenvalue weighted by molar-refractivity contribution is 0.398. The van der Waals surface area contributed by atoms with E-state index >= 15 is 0 Å². The molecule has 0 unspecified atom stereocenters. The molecule has 1 aromatic carbocycles. The SMILES string of the molecule is COc1cc(OC)c2scc(Cl)c2c1. The van der Waals surface area contributed by atoms with E-state index in [1.54, 1.807) is 25.6 Å². The zero-order valence-corrected chi connectivity index (χ0v) is 9.41. The molecule has 14 heavy (non-hydrogen) atoms. The van der Waals surface area contributed by atoms with Crippen molar-refractivity contribution in [2.45, 2.75) is 0 Å². The monoisotopic (exact) mass is 228 g/mol. The van der Waals surface area contributed by atoms with Gasteiger partial charge in [0.1, 0.15) is 11.5 Å². The van der Waals surface area contributed by atoms with Gasteiger partial charge in [-0.3, -0.25) is 0 Å². The van der Waals surface area contributed by atoms with Gasteiger partial charge in [0.05, 0.1) is 23.9 Å². The first-order valence-corrected chi connectivity index (χ1v) is 5.30. The molecule has 0 aliphatic carbocycles. The molecule has 1 heterocycles. The molecule has 0 aliphatic heterocycles. The van der Waals surface area contributed by atoms with Crippen LogP contribution in [-0.4, -0.2) is 14.2 Å². The summed E-state index contributed by atoms with van der Waals surface area (Å²) < 4.78 is 11.5. The van der Waals surface area contributed by atoms with E-state index in [2.05, 4.69) is 0 Å². The van der Waals surface area contributed by atoms with Gasteiger partial charge in [-0.2, -0.15) is 0 Å². The maximum atomic E-state index is 6.03. The van der Waals surface area contributed by atoms with E-state index in [4.69, 9.17) is 21.1 Å². The molecule has 4 heteroatoms. The Hall–Kier alpha value is -0.930. The van der Waals surface area contributed by atoms with E-state index in [1.165, 1.54) is 0 Å². The Bertz CT molecular complexity index is 464. The molecule has 0 radical (unpaired) electrons. The second-order valence-electron chi connectivity index (χ2n) is 2.79. The number of hydrogen-bond donors (Lipinski definition) is 0. The van der Waals surface area contributed by atoms with Crippen LogP contribution in [0.3, 0.4) is 0 Å². The topological polar surface area (TPSA) is 18.5 Å². The third-order valence-electron chi connectivity index (χ3n) is 2.02. The van der Waals surface area contributed by atoms with Crippen LogP contribution in [0.5, 0.6) is 11.5 Å². The molecule has 0 fully saturated rings. The summed E-state index contributed by atoms with van der Waals surface area (Å²) in [5, 5.41) is 3.61. The predicted molar refractivity (Wildman–Crippen MR) is 59.9 cm³/mol. The van der Waals surface area contributed by atoms with Gasteiger partial charge in [-0.1, -0.05) is 11.6 Å². The fourth-order valence-corrected chi connectivity index (χ4v) is 2.56. The minimum atomic E-state index is 0.738. The van der Waals surface area contributed by atoms with Crippen LogP contribution in [0.15, 0.2) is 17.5 Å². The highest BCUT2D eigenvalue weighted by Gasteiger charge is 2.09. The summed E-state index contributed by atoms with van der Waals surface area (Å²) in [5.74, 6) is 1.56. The van der Waals surface area contributed by atoms with Gasteiger partial charge in [-0.25, -0.2) is 0 Å². The zero-order valence-electron chi connectivity index (χ0n) is 7.83. The van der Waals surface area contributed by atoms with Gasteiger partial charge in [-0.15, -0.1) is 11.3 Å². The largest absolute Gasteiger partial charge is 0.497 e. The van der Waals surface area contributed by atoms with Crippen LogP contribution in [-0.2, 0) is 0 Å². The lowest BCUT2D eigenvalue weighted by Crippen LogP contribution is -1.86. The highest BCUT2D eigenvalue weighted by molar-refractivity contribution is 7.18. The fraction of sp³-hybridized carbons (Fsp3) is 0.200. The molecule has 1 aromatic heterocycles. The molecule has 0 spiro atoms. The Kier molecular flexibility index (Phi) is 2.52. The van der Waals surface area contributed by atoms with E-state index < -0.39 is 0 Å². The standard InChI is InChI=1S/C10H9ClO2S/c1-12-6-3-7-8(11)5-14-10(7)9(4-6)13-2/h3-5H,1-2H3. The van der Waals surface area contributed by atoms with Gasteiger partial charge in [0.25, 0.3) is 0 Å². The third-order valence-corrected chi connectivity index (χ3v) is 3.47. The lowest BCUT2D eigenvalue weighted by atomic mass is 10.2. The molecule has 0 saturated carbocycles. The molecule has 0 amide bonds. The third kappa shape index (κ3) is 1.42. The quantitative estimate of drug-likeness (QED) is 0.783. The van der Waals surface area contributed by atoms with Crippen molar-refractivity contribution in [2.24, 2.45) is 0 Å². The highest BCUT2D eigenvalue weighted by atomic mass is 35.5. The van der Waals surface area contributed by atoms with E-state index in [9.17, 15) is 0 Å². The van der Waals surface area contributed by atoms with Gasteiger partial charge < -0.3 is 9.47 Å². The van der Waals surface area contributed by atoms with Crippen LogP contribution in [0.25, 0.3) is 10.1 Å². The number of methoxy groups -OCH3 is 2. The first-order valence-electron chi connectivity index (χ1n) is 4.05. The van der Waals surface area contributed by atoms with E-state index in [0.29, 0.717) is 0 Å². The Labute approximate surface area is 91.0 Å². The Morgan fingerprint density at radius 3 is 2.64 bits per heavy atom. The average molecular weight is 229 g/mol. The number of fused-ring (bicyclic) bond motifs is 1. The number of halogens is 1. The predicted octanol–water partition coefficient (Wildman–Crippen LogP) is 3.57. The Morgan fingerprint density at radius 2 is 2.00 bits per heavy atom. The van der Waals surface area contributed by atoms with Crippen LogP contribution < -0.4 is 9.47 Å². The molecular weight excluding hydrogens is 220 g/mol. The van der Waals surface area contributed by atoms with E-state index in [0.717, 1.165) is 26.6 Å². The zero-order chi connectivity index (χ0) is 10.1. The summed E-state index contributed by atoms with van der Waals surface area (Å²) in [6.07, 6.45) is 0. The summed E-state index contributed by atoms with van der Waals surface area (Å²) in [4.78, 5) is 0. The maximum absolute atomic E-state index is 6.03. The summed E-state index contributed by atoms with van der Waals surface area (Å²) >= 11 is 7.60. The summed E-state index contributed by atoms with van der Waals surface area (Å²) in [6, 6.07) is 3.77. The second kappa shape index (κ2) is 3.67. The maximum Gasteiger partial charge on any atom is 0.140 e. The number of thiophene rings is 1. The molecule has 0 atom stereocenters. The van der Waals surface area contributed by atoms with Crippen LogP contribution in [0.2, 0.25) is 5.02 Å². The average Bonchev–Trinajstić information content (AvgIpc) is 2.59. The van der Waals surface area contributed by atoms with Crippen molar-refractivity contribution >= 4 is 33.0 Å². The lowest BCUT2D eigenvalue weighted by Gasteiger charge is -2.05. The summed E-state index contributed by atoms with van der Waals surface area (Å²) in [5.41, 5.74) is 0. The van der Waals surface area contributed by atoms with E-state index in [-0.39, 0.29) is 0 Å². The van der Waals surface area contributed by atoms with Gasteiger partial charge in [-0.05, 0) is 6.07 Å². The molecule has 2 aromatic rings. The minimum Gasteiger partial charge on any atom is -0.497 e. The Balaban J connectivity index is 2.76. The van der Waals surface area contributed by atoms with Gasteiger partial charge >= 0.3 is 0 Å². The minimum absolute atomic E-state index is 0.738. The van der Waals surface area contributed by atoms with Crippen LogP contribution >= 0.6 is 22.9 Å². The van der Waals surface area contributed by atoms with Gasteiger partial charge in [0.2, 0.25) is 0 Å². The smallest absolute Gasteiger partial charge is 0.140 e. The van der Waals surface area contributed by atoms with Crippen molar-refractivity contribution in [1.82, 2.24) is 0 Å². The van der Waals surface area contributed by atoms with Crippen LogP contribution in [0, 0.1) is 0 Å². The Morgan fingerprint density at radius 1 is 1.21 bits per heavy atom. The van der Waals surface area contributed by atoms with Crippen molar-refractivity contribution in [3.8, 4) is 11.5 Å². The van der Waals surface area contributed by atoms with Crippen molar-refractivity contribution in [3.63, 3.8) is 0 Å². The van der Waals surface area contributed by atoms with Crippen molar-refractivity contribution in [3.05, 3.63) is 22.5 Å². The molecule has 2 rings (SSSR count). The molecule has 0 bridgehead atoms. The van der Waals surface area contributed by atoms with Crippen molar-refractivity contribution in [2.75, 3.05) is 14.2 Å². The molecular formula is C10H9ClO2S. The number of rotatable bonds is 2. The van der Waals surface area contributed by atoms with Gasteiger partial charge in [0.15, 0.2) is 0 Å².